The van der Waals surface area contributed by atoms with Crippen LogP contribution >= 0.6 is 24.0 Å². The second-order valence-electron chi connectivity index (χ2n) is 8.00. The van der Waals surface area contributed by atoms with Gasteiger partial charge in [-0.1, -0.05) is 38.1 Å². The number of aromatic nitrogens is 2. The van der Waals surface area contributed by atoms with E-state index in [-0.39, 0.29) is 30.0 Å². The lowest BCUT2D eigenvalue weighted by Gasteiger charge is -2.19. The van der Waals surface area contributed by atoms with Gasteiger partial charge in [0.15, 0.2) is 5.96 Å². The van der Waals surface area contributed by atoms with Gasteiger partial charge in [0, 0.05) is 32.0 Å². The zero-order valence-corrected chi connectivity index (χ0v) is 21.8. The fraction of sp³-hybridized carbons (Fsp3) is 0.565. The standard InChI is InChI=1S/C23H37N5O.HI/c1-16(2)14-20-8-10-21(11-9-20)17(3)26-23(24-6)25-15-22-18(4)27-28(19(22)5)12-13-29-7;/h8-11,16-17H,12-15H2,1-7H3,(H2,24,25,26);1H. The molecule has 0 saturated heterocycles. The third-order valence-electron chi connectivity index (χ3n) is 5.17. The number of hydrogen-bond acceptors (Lipinski definition) is 3. The maximum Gasteiger partial charge on any atom is 0.191 e. The monoisotopic (exact) mass is 527 g/mol. The number of benzene rings is 1. The zero-order chi connectivity index (χ0) is 21.4. The molecule has 2 rings (SSSR count). The first kappa shape index (κ1) is 26.4. The first-order chi connectivity index (χ1) is 13.8. The number of aryl methyl sites for hydroxylation is 1. The number of hydrogen-bond donors (Lipinski definition) is 2. The number of guanidine groups is 1. The highest BCUT2D eigenvalue weighted by molar-refractivity contribution is 14.0. The summed E-state index contributed by atoms with van der Waals surface area (Å²) in [5.74, 6) is 1.46. The first-order valence-corrected chi connectivity index (χ1v) is 10.4. The van der Waals surface area contributed by atoms with Crippen molar-refractivity contribution in [2.24, 2.45) is 10.9 Å². The van der Waals surface area contributed by atoms with Gasteiger partial charge in [-0.2, -0.15) is 5.10 Å². The Hall–Kier alpha value is -1.61. The number of nitrogens with one attached hydrogen (secondary N) is 2. The molecule has 0 bridgehead atoms. The zero-order valence-electron chi connectivity index (χ0n) is 19.5. The van der Waals surface area contributed by atoms with E-state index in [2.05, 4.69) is 72.7 Å². The van der Waals surface area contributed by atoms with Gasteiger partial charge < -0.3 is 15.4 Å². The third kappa shape index (κ3) is 7.58. The van der Waals surface area contributed by atoms with Crippen LogP contribution < -0.4 is 10.6 Å². The first-order valence-electron chi connectivity index (χ1n) is 10.4. The van der Waals surface area contributed by atoms with Crippen LogP contribution in [0.3, 0.4) is 0 Å². The van der Waals surface area contributed by atoms with Crippen LogP contribution in [0.15, 0.2) is 29.3 Å². The number of halogens is 1. The Kier molecular flexibility index (Phi) is 11.4. The number of nitrogens with zero attached hydrogens (tertiary/aromatic N) is 3. The molecular weight excluding hydrogens is 489 g/mol. The summed E-state index contributed by atoms with van der Waals surface area (Å²) < 4.78 is 7.18. The molecule has 2 N–H and O–H groups in total. The van der Waals surface area contributed by atoms with E-state index in [1.807, 2.05) is 11.6 Å². The van der Waals surface area contributed by atoms with E-state index in [1.54, 1.807) is 14.2 Å². The Morgan fingerprint density at radius 1 is 1.17 bits per heavy atom. The van der Waals surface area contributed by atoms with Crippen LogP contribution in [0.25, 0.3) is 0 Å². The molecule has 0 amide bonds. The highest BCUT2D eigenvalue weighted by Crippen LogP contribution is 2.16. The van der Waals surface area contributed by atoms with Crippen LogP contribution in [0.1, 0.15) is 54.9 Å². The molecule has 1 atom stereocenters. The number of aliphatic imine (C=N–C) groups is 1. The quantitative estimate of drug-likeness (QED) is 0.289. The summed E-state index contributed by atoms with van der Waals surface area (Å²) in [6, 6.07) is 9.03. The Labute approximate surface area is 198 Å². The van der Waals surface area contributed by atoms with Crippen LogP contribution in [0.4, 0.5) is 0 Å². The van der Waals surface area contributed by atoms with E-state index in [0.29, 0.717) is 19.1 Å². The summed E-state index contributed by atoms with van der Waals surface area (Å²) in [7, 11) is 3.51. The lowest BCUT2D eigenvalue weighted by Crippen LogP contribution is -2.38. The SMILES string of the molecule is CN=C(NCc1c(C)nn(CCOC)c1C)NC(C)c1ccc(CC(C)C)cc1.I. The Morgan fingerprint density at radius 2 is 1.83 bits per heavy atom. The Balaban J connectivity index is 0.00000450. The molecule has 0 aliphatic rings. The Bertz CT molecular complexity index is 799. The smallest absolute Gasteiger partial charge is 0.191 e. The van der Waals surface area contributed by atoms with E-state index in [1.165, 1.54) is 16.7 Å². The van der Waals surface area contributed by atoms with E-state index >= 15 is 0 Å². The second kappa shape index (κ2) is 12.9. The van der Waals surface area contributed by atoms with Crippen LogP contribution in [-0.2, 0) is 24.2 Å². The average Bonchev–Trinajstić information content (AvgIpc) is 2.96. The van der Waals surface area contributed by atoms with Gasteiger partial charge in [-0.25, -0.2) is 0 Å². The van der Waals surface area contributed by atoms with E-state index in [0.717, 1.165) is 30.3 Å². The highest BCUT2D eigenvalue weighted by atomic mass is 127. The molecule has 7 heteroatoms. The minimum absolute atomic E-state index is 0. The topological polar surface area (TPSA) is 63.5 Å². The molecule has 0 radical (unpaired) electrons. The lowest BCUT2D eigenvalue weighted by atomic mass is 10.00. The normalized spacial score (nSPS) is 12.6. The molecule has 1 aromatic carbocycles. The lowest BCUT2D eigenvalue weighted by molar-refractivity contribution is 0.182. The van der Waals surface area contributed by atoms with Crippen molar-refractivity contribution in [1.82, 2.24) is 20.4 Å². The van der Waals surface area contributed by atoms with Crippen molar-refractivity contribution in [3.63, 3.8) is 0 Å². The Morgan fingerprint density at radius 3 is 2.40 bits per heavy atom. The fourth-order valence-corrected chi connectivity index (χ4v) is 3.45. The molecule has 30 heavy (non-hydrogen) atoms. The van der Waals surface area contributed by atoms with Gasteiger partial charge in [-0.05, 0) is 44.2 Å². The van der Waals surface area contributed by atoms with Gasteiger partial charge in [-0.15, -0.1) is 24.0 Å². The molecule has 6 nitrogen and oxygen atoms in total. The minimum atomic E-state index is 0. The predicted octanol–water partition coefficient (Wildman–Crippen LogP) is 4.39. The number of ether oxygens (including phenoxy) is 1. The largest absolute Gasteiger partial charge is 0.383 e. The molecular formula is C23H38IN5O. The molecule has 0 spiro atoms. The van der Waals surface area contributed by atoms with Crippen molar-refractivity contribution in [1.29, 1.82) is 0 Å². The van der Waals surface area contributed by atoms with Crippen molar-refractivity contribution < 1.29 is 4.74 Å². The molecule has 0 saturated carbocycles. The van der Waals surface area contributed by atoms with Crippen molar-refractivity contribution in [3.05, 3.63) is 52.3 Å². The van der Waals surface area contributed by atoms with Gasteiger partial charge in [0.1, 0.15) is 0 Å². The molecule has 1 unspecified atom stereocenters. The number of methoxy groups -OCH3 is 1. The molecule has 0 aliphatic heterocycles. The maximum atomic E-state index is 5.17. The second-order valence-corrected chi connectivity index (χ2v) is 8.00. The van der Waals surface area contributed by atoms with Gasteiger partial charge in [-0.3, -0.25) is 9.67 Å². The van der Waals surface area contributed by atoms with Crippen LogP contribution in [0.2, 0.25) is 0 Å². The molecule has 0 fully saturated rings. The van der Waals surface area contributed by atoms with Crippen LogP contribution in [-0.4, -0.2) is 36.5 Å². The van der Waals surface area contributed by atoms with Crippen molar-refractivity contribution in [2.75, 3.05) is 20.8 Å². The molecule has 1 aromatic heterocycles. The number of rotatable bonds is 9. The van der Waals surface area contributed by atoms with E-state index < -0.39 is 0 Å². The maximum absolute atomic E-state index is 5.17. The molecule has 168 valence electrons. The third-order valence-corrected chi connectivity index (χ3v) is 5.17. The van der Waals surface area contributed by atoms with E-state index in [4.69, 9.17) is 4.74 Å². The molecule has 0 aliphatic carbocycles. The molecule has 1 heterocycles. The fourth-order valence-electron chi connectivity index (χ4n) is 3.45. The summed E-state index contributed by atoms with van der Waals surface area (Å²) in [6.07, 6.45) is 1.11. The summed E-state index contributed by atoms with van der Waals surface area (Å²) in [5.41, 5.74) is 6.04. The van der Waals surface area contributed by atoms with Gasteiger partial charge in [0.2, 0.25) is 0 Å². The summed E-state index contributed by atoms with van der Waals surface area (Å²) >= 11 is 0. The van der Waals surface area contributed by atoms with Gasteiger partial charge >= 0.3 is 0 Å². The predicted molar refractivity (Wildman–Crippen MR) is 136 cm³/mol. The van der Waals surface area contributed by atoms with Crippen LogP contribution in [0, 0.1) is 19.8 Å². The van der Waals surface area contributed by atoms with Crippen molar-refractivity contribution in [2.45, 2.75) is 60.2 Å². The summed E-state index contributed by atoms with van der Waals surface area (Å²) in [6.45, 7) is 12.9. The summed E-state index contributed by atoms with van der Waals surface area (Å²) in [4.78, 5) is 4.39. The average molecular weight is 527 g/mol. The minimum Gasteiger partial charge on any atom is -0.383 e. The van der Waals surface area contributed by atoms with Gasteiger partial charge in [0.25, 0.3) is 0 Å². The summed E-state index contributed by atoms with van der Waals surface area (Å²) in [5, 5.41) is 11.5. The van der Waals surface area contributed by atoms with E-state index in [9.17, 15) is 0 Å². The van der Waals surface area contributed by atoms with Crippen molar-refractivity contribution in [3.8, 4) is 0 Å². The van der Waals surface area contributed by atoms with Gasteiger partial charge in [0.05, 0.1) is 24.9 Å². The van der Waals surface area contributed by atoms with Crippen LogP contribution in [0.5, 0.6) is 0 Å². The molecule has 2 aromatic rings. The highest BCUT2D eigenvalue weighted by Gasteiger charge is 2.13. The van der Waals surface area contributed by atoms with Crippen molar-refractivity contribution >= 4 is 29.9 Å².